The Kier molecular flexibility index (Phi) is 5.92. The molecule has 2 N–H and O–H groups in total. The van der Waals surface area contributed by atoms with Crippen molar-refractivity contribution in [3.63, 3.8) is 0 Å². The van der Waals surface area contributed by atoms with Crippen LogP contribution in [0.25, 0.3) is 0 Å². The molecule has 0 unspecified atom stereocenters. The predicted octanol–water partition coefficient (Wildman–Crippen LogP) is 1.64. The molecule has 0 aliphatic carbocycles. The number of sulfonamides is 1. The fourth-order valence-corrected chi connectivity index (χ4v) is 3.20. The number of nitrogens with two attached hydrogens (primary N) is 1. The number of carbonyl (C=O) groups excluding carboxylic acids is 1. The number of nitrogen functional groups attached to an aromatic ring is 1. The van der Waals surface area contributed by atoms with Crippen molar-refractivity contribution in [1.82, 2.24) is 4.31 Å². The summed E-state index contributed by atoms with van der Waals surface area (Å²) in [6, 6.07) is 4.08. The topological polar surface area (TPSA) is 89.7 Å². The van der Waals surface area contributed by atoms with Crippen LogP contribution in [0.15, 0.2) is 35.7 Å². The number of methoxy groups -OCH3 is 1. The highest BCUT2D eigenvalue weighted by molar-refractivity contribution is 7.89. The van der Waals surface area contributed by atoms with Crippen molar-refractivity contribution in [2.24, 2.45) is 0 Å². The van der Waals surface area contributed by atoms with E-state index in [9.17, 15) is 13.2 Å². The van der Waals surface area contributed by atoms with E-state index in [1.807, 2.05) is 0 Å². The zero-order valence-electron chi connectivity index (χ0n) is 12.2. The van der Waals surface area contributed by atoms with Gasteiger partial charge in [0, 0.05) is 19.3 Å². The molecule has 0 aliphatic rings. The van der Waals surface area contributed by atoms with E-state index in [4.69, 9.17) is 5.73 Å². The Morgan fingerprint density at radius 1 is 1.48 bits per heavy atom. The van der Waals surface area contributed by atoms with E-state index < -0.39 is 16.0 Å². The number of unbranched alkanes of at least 4 members (excludes halogenated alkanes) is 1. The van der Waals surface area contributed by atoms with Crippen LogP contribution in [-0.4, -0.2) is 39.4 Å². The SMILES string of the molecule is C=CCCCN(C)S(=O)(=O)c1cc(N)ccc1C(=O)OC. The van der Waals surface area contributed by atoms with Gasteiger partial charge in [-0.3, -0.25) is 0 Å². The van der Waals surface area contributed by atoms with Crippen LogP contribution in [0.5, 0.6) is 0 Å². The standard InChI is InChI=1S/C14H20N2O4S/c1-4-5-6-9-16(2)21(18,19)13-10-11(15)7-8-12(13)14(17)20-3/h4,7-8,10H,1,5-6,9,15H2,2-3H3. The second kappa shape index (κ2) is 7.24. The van der Waals surface area contributed by atoms with Crippen LogP contribution in [0.1, 0.15) is 23.2 Å². The molecule has 0 atom stereocenters. The molecule has 6 nitrogen and oxygen atoms in total. The molecule has 0 fully saturated rings. The molecule has 0 saturated carbocycles. The third-order valence-electron chi connectivity index (χ3n) is 2.98. The monoisotopic (exact) mass is 312 g/mol. The van der Waals surface area contributed by atoms with Crippen molar-refractivity contribution in [3.8, 4) is 0 Å². The number of carbonyl (C=O) groups is 1. The van der Waals surface area contributed by atoms with Crippen LogP contribution in [0, 0.1) is 0 Å². The van der Waals surface area contributed by atoms with Crippen LogP contribution in [0.3, 0.4) is 0 Å². The summed E-state index contributed by atoms with van der Waals surface area (Å²) in [5.74, 6) is -0.715. The minimum absolute atomic E-state index is 0.0257. The largest absolute Gasteiger partial charge is 0.465 e. The lowest BCUT2D eigenvalue weighted by atomic mass is 10.2. The van der Waals surface area contributed by atoms with Crippen molar-refractivity contribution >= 4 is 21.7 Å². The number of esters is 1. The Balaban J connectivity index is 3.20. The van der Waals surface area contributed by atoms with Gasteiger partial charge in [-0.1, -0.05) is 6.08 Å². The summed E-state index contributed by atoms with van der Waals surface area (Å²) >= 11 is 0. The Bertz CT molecular complexity index is 626. The van der Waals surface area contributed by atoms with Crippen molar-refractivity contribution in [2.75, 3.05) is 26.4 Å². The molecular weight excluding hydrogens is 292 g/mol. The molecule has 0 bridgehead atoms. The van der Waals surface area contributed by atoms with Gasteiger partial charge in [0.2, 0.25) is 10.0 Å². The Hall–Kier alpha value is -1.86. The third kappa shape index (κ3) is 4.05. The Morgan fingerprint density at radius 2 is 2.14 bits per heavy atom. The fourth-order valence-electron chi connectivity index (χ4n) is 1.78. The zero-order chi connectivity index (χ0) is 16.0. The van der Waals surface area contributed by atoms with Gasteiger partial charge in [0.05, 0.1) is 17.6 Å². The number of nitrogens with zero attached hydrogens (tertiary/aromatic N) is 1. The number of ether oxygens (including phenoxy) is 1. The minimum atomic E-state index is -3.81. The fraction of sp³-hybridized carbons (Fsp3) is 0.357. The summed E-state index contributed by atoms with van der Waals surface area (Å²) in [7, 11) is -1.15. The normalized spacial score (nSPS) is 11.4. The molecule has 1 rings (SSSR count). The summed E-state index contributed by atoms with van der Waals surface area (Å²) in [5, 5.41) is 0. The number of hydrogen-bond donors (Lipinski definition) is 1. The lowest BCUT2D eigenvalue weighted by Crippen LogP contribution is -2.29. The molecule has 1 aromatic carbocycles. The summed E-state index contributed by atoms with van der Waals surface area (Å²) in [5.41, 5.74) is 5.88. The molecule has 0 saturated heterocycles. The zero-order valence-corrected chi connectivity index (χ0v) is 13.0. The maximum atomic E-state index is 12.6. The van der Waals surface area contributed by atoms with Crippen molar-refractivity contribution in [2.45, 2.75) is 17.7 Å². The van der Waals surface area contributed by atoms with E-state index in [1.54, 1.807) is 6.08 Å². The van der Waals surface area contributed by atoms with Gasteiger partial charge in [-0.15, -0.1) is 6.58 Å². The Labute approximate surface area is 125 Å². The first-order valence-corrected chi connectivity index (χ1v) is 7.83. The maximum Gasteiger partial charge on any atom is 0.339 e. The first-order chi connectivity index (χ1) is 9.84. The third-order valence-corrected chi connectivity index (χ3v) is 4.88. The van der Waals surface area contributed by atoms with Crippen molar-refractivity contribution in [3.05, 3.63) is 36.4 Å². The second-order valence-corrected chi connectivity index (χ2v) is 6.52. The second-order valence-electron chi connectivity index (χ2n) is 4.50. The van der Waals surface area contributed by atoms with Crippen LogP contribution in [0.4, 0.5) is 5.69 Å². The lowest BCUT2D eigenvalue weighted by molar-refractivity contribution is 0.0596. The van der Waals surface area contributed by atoms with Crippen LogP contribution in [0.2, 0.25) is 0 Å². The molecule has 0 amide bonds. The van der Waals surface area contributed by atoms with Gasteiger partial charge >= 0.3 is 5.97 Å². The minimum Gasteiger partial charge on any atom is -0.465 e. The maximum absolute atomic E-state index is 12.6. The van der Waals surface area contributed by atoms with E-state index in [2.05, 4.69) is 11.3 Å². The van der Waals surface area contributed by atoms with E-state index >= 15 is 0 Å². The number of rotatable bonds is 7. The van der Waals surface area contributed by atoms with Crippen molar-refractivity contribution < 1.29 is 17.9 Å². The van der Waals surface area contributed by atoms with Crippen molar-refractivity contribution in [1.29, 1.82) is 0 Å². The smallest absolute Gasteiger partial charge is 0.339 e. The average Bonchev–Trinajstić information content (AvgIpc) is 2.46. The van der Waals surface area contributed by atoms with Gasteiger partial charge in [0.1, 0.15) is 0 Å². The molecule has 0 aromatic heterocycles. The van der Waals surface area contributed by atoms with Crippen LogP contribution in [-0.2, 0) is 14.8 Å². The number of anilines is 1. The number of benzene rings is 1. The molecule has 1 aromatic rings. The summed E-state index contributed by atoms with van der Waals surface area (Å²) in [4.78, 5) is 11.6. The summed E-state index contributed by atoms with van der Waals surface area (Å²) in [6.07, 6.45) is 3.08. The summed E-state index contributed by atoms with van der Waals surface area (Å²) < 4.78 is 30.9. The van der Waals surface area contributed by atoms with Gasteiger partial charge in [-0.05, 0) is 31.0 Å². The Morgan fingerprint density at radius 3 is 2.71 bits per heavy atom. The number of allylic oxidation sites excluding steroid dienone is 1. The first kappa shape index (κ1) is 17.2. The predicted molar refractivity (Wildman–Crippen MR) is 81.4 cm³/mol. The first-order valence-electron chi connectivity index (χ1n) is 6.39. The van der Waals surface area contributed by atoms with E-state index in [0.29, 0.717) is 19.4 Å². The highest BCUT2D eigenvalue weighted by atomic mass is 32.2. The highest BCUT2D eigenvalue weighted by Gasteiger charge is 2.27. The van der Waals surface area contributed by atoms with Crippen LogP contribution >= 0.6 is 0 Å². The van der Waals surface area contributed by atoms with Gasteiger partial charge in [-0.25, -0.2) is 17.5 Å². The average molecular weight is 312 g/mol. The highest BCUT2D eigenvalue weighted by Crippen LogP contribution is 2.23. The van der Waals surface area contributed by atoms with Crippen LogP contribution < -0.4 is 5.73 Å². The molecule has 116 valence electrons. The lowest BCUT2D eigenvalue weighted by Gasteiger charge is -2.18. The molecule has 0 aliphatic heterocycles. The van der Waals surface area contributed by atoms with E-state index in [-0.39, 0.29) is 16.1 Å². The van der Waals surface area contributed by atoms with Gasteiger partial charge < -0.3 is 10.5 Å². The molecule has 21 heavy (non-hydrogen) atoms. The van der Waals surface area contributed by atoms with Gasteiger partial charge in [0.25, 0.3) is 0 Å². The quantitative estimate of drug-likeness (QED) is 0.358. The van der Waals surface area contributed by atoms with E-state index in [1.165, 1.54) is 36.7 Å². The summed E-state index contributed by atoms with van der Waals surface area (Å²) in [6.45, 7) is 3.92. The molecule has 0 radical (unpaired) electrons. The molecule has 7 heteroatoms. The molecular formula is C14H20N2O4S. The molecule has 0 spiro atoms. The van der Waals surface area contributed by atoms with Gasteiger partial charge in [-0.2, -0.15) is 0 Å². The van der Waals surface area contributed by atoms with Gasteiger partial charge in [0.15, 0.2) is 0 Å². The van der Waals surface area contributed by atoms with E-state index in [0.717, 1.165) is 0 Å². The molecule has 0 heterocycles. The number of hydrogen-bond acceptors (Lipinski definition) is 5.